The van der Waals surface area contributed by atoms with Gasteiger partial charge >= 0.3 is 0 Å². The lowest BCUT2D eigenvalue weighted by molar-refractivity contribution is -0.129. The van der Waals surface area contributed by atoms with Crippen LogP contribution in [0.4, 0.5) is 0 Å². The van der Waals surface area contributed by atoms with Crippen LogP contribution in [0.15, 0.2) is 28.2 Å². The summed E-state index contributed by atoms with van der Waals surface area (Å²) in [6.45, 7) is 5.47. The zero-order valence-corrected chi connectivity index (χ0v) is 19.8. The van der Waals surface area contributed by atoms with Crippen LogP contribution in [0.2, 0.25) is 0 Å². The Balaban J connectivity index is 1.68. The predicted octanol–water partition coefficient (Wildman–Crippen LogP) is 1.82. The molecule has 3 heterocycles. The first kappa shape index (κ1) is 23.0. The maximum absolute atomic E-state index is 13.3. The van der Waals surface area contributed by atoms with Crippen molar-refractivity contribution in [2.24, 2.45) is 5.10 Å². The average molecular weight is 464 g/mol. The summed E-state index contributed by atoms with van der Waals surface area (Å²) >= 11 is 0. The van der Waals surface area contributed by atoms with Gasteiger partial charge in [-0.2, -0.15) is 9.41 Å². The molecule has 0 bridgehead atoms. The maximum Gasteiger partial charge on any atom is 0.247 e. The van der Waals surface area contributed by atoms with Gasteiger partial charge in [-0.25, -0.2) is 8.42 Å². The molecule has 3 aliphatic rings. The third-order valence-electron chi connectivity index (χ3n) is 6.32. The van der Waals surface area contributed by atoms with E-state index in [1.807, 2.05) is 6.92 Å². The number of hydrazone groups is 1. The number of hydrogen-bond donors (Lipinski definition) is 2. The molecule has 0 aliphatic carbocycles. The van der Waals surface area contributed by atoms with Crippen LogP contribution >= 0.6 is 0 Å². The van der Waals surface area contributed by atoms with Crippen molar-refractivity contribution >= 4 is 21.6 Å². The van der Waals surface area contributed by atoms with E-state index in [1.165, 1.54) is 0 Å². The second kappa shape index (κ2) is 9.36. The SMILES string of the molecule is CCCC1=NN(C)C2C(=O)NC(c3cc(S(=O)(=O)N4CCCCC4)ccc3OCC)NC12. The highest BCUT2D eigenvalue weighted by molar-refractivity contribution is 7.89. The van der Waals surface area contributed by atoms with Crippen LogP contribution in [-0.2, 0) is 14.8 Å². The fourth-order valence-electron chi connectivity index (χ4n) is 4.77. The normalized spacial score (nSPS) is 26.5. The number of rotatable bonds is 7. The van der Waals surface area contributed by atoms with E-state index in [9.17, 15) is 13.2 Å². The summed E-state index contributed by atoms with van der Waals surface area (Å²) in [4.78, 5) is 13.2. The molecule has 4 rings (SSSR count). The summed E-state index contributed by atoms with van der Waals surface area (Å²) in [7, 11) is -1.80. The number of carbonyl (C=O) groups excluding carboxylic acids is 1. The highest BCUT2D eigenvalue weighted by Crippen LogP contribution is 2.33. The Bertz CT molecular complexity index is 990. The minimum absolute atomic E-state index is 0.136. The first-order chi connectivity index (χ1) is 15.4. The predicted molar refractivity (Wildman–Crippen MR) is 122 cm³/mol. The third kappa shape index (κ3) is 4.23. The summed E-state index contributed by atoms with van der Waals surface area (Å²) in [5, 5.41) is 12.8. The molecule has 10 heteroatoms. The Morgan fingerprint density at radius 3 is 2.62 bits per heavy atom. The van der Waals surface area contributed by atoms with Gasteiger partial charge in [0.25, 0.3) is 0 Å². The molecule has 0 aromatic heterocycles. The fraction of sp³-hybridized carbons (Fsp3) is 0.636. The zero-order chi connectivity index (χ0) is 22.9. The van der Waals surface area contributed by atoms with Crippen molar-refractivity contribution in [3.8, 4) is 5.75 Å². The van der Waals surface area contributed by atoms with Gasteiger partial charge in [-0.05, 0) is 44.4 Å². The molecule has 1 aromatic rings. The molecule has 2 saturated heterocycles. The van der Waals surface area contributed by atoms with Crippen molar-refractivity contribution in [2.45, 2.75) is 69.1 Å². The summed E-state index contributed by atoms with van der Waals surface area (Å²) < 4.78 is 33.9. The van der Waals surface area contributed by atoms with Gasteiger partial charge in [0.2, 0.25) is 15.9 Å². The van der Waals surface area contributed by atoms with Crippen molar-refractivity contribution in [2.75, 3.05) is 26.7 Å². The lowest BCUT2D eigenvalue weighted by atomic mass is 9.96. The number of amides is 1. The Labute approximate surface area is 190 Å². The number of nitrogens with zero attached hydrogens (tertiary/aromatic N) is 3. The van der Waals surface area contributed by atoms with Crippen molar-refractivity contribution in [1.29, 1.82) is 0 Å². The third-order valence-corrected chi connectivity index (χ3v) is 8.21. The number of benzene rings is 1. The van der Waals surface area contributed by atoms with Crippen molar-refractivity contribution in [3.05, 3.63) is 23.8 Å². The van der Waals surface area contributed by atoms with E-state index in [1.54, 1.807) is 34.6 Å². The molecular weight excluding hydrogens is 430 g/mol. The van der Waals surface area contributed by atoms with E-state index in [4.69, 9.17) is 4.74 Å². The highest BCUT2D eigenvalue weighted by atomic mass is 32.2. The molecule has 1 aromatic carbocycles. The summed E-state index contributed by atoms with van der Waals surface area (Å²) in [6, 6.07) is 4.29. The Kier molecular flexibility index (Phi) is 6.73. The smallest absolute Gasteiger partial charge is 0.247 e. The summed E-state index contributed by atoms with van der Waals surface area (Å²) in [5.41, 5.74) is 1.55. The fourth-order valence-corrected chi connectivity index (χ4v) is 6.32. The molecule has 3 atom stereocenters. The number of carbonyl (C=O) groups is 1. The van der Waals surface area contributed by atoms with E-state index in [2.05, 4.69) is 22.7 Å². The Morgan fingerprint density at radius 1 is 1.19 bits per heavy atom. The van der Waals surface area contributed by atoms with Gasteiger partial charge in [0.15, 0.2) is 0 Å². The number of sulfonamides is 1. The standard InChI is InChI=1S/C22H33N5O4S/c1-4-9-17-19-20(26(3)25-17)22(28)24-21(23-19)16-14-15(10-11-18(16)31-5-2)32(29,30)27-12-7-6-8-13-27/h10-11,14,19-21,23H,4-9,12-13H2,1-3H3,(H,24,28). The lowest BCUT2D eigenvalue weighted by Gasteiger charge is -2.36. The van der Waals surface area contributed by atoms with Gasteiger partial charge < -0.3 is 10.1 Å². The van der Waals surface area contributed by atoms with Gasteiger partial charge in [0.05, 0.1) is 23.3 Å². The second-order valence-electron chi connectivity index (χ2n) is 8.54. The number of likely N-dealkylation sites (N-methyl/N-ethyl adjacent to an activating group) is 1. The molecule has 1 amide bonds. The Morgan fingerprint density at radius 2 is 1.94 bits per heavy atom. The molecule has 176 valence electrons. The van der Waals surface area contributed by atoms with Crippen LogP contribution in [0.1, 0.15) is 57.7 Å². The van der Waals surface area contributed by atoms with Crippen LogP contribution < -0.4 is 15.4 Å². The molecule has 3 unspecified atom stereocenters. The van der Waals surface area contributed by atoms with Crippen LogP contribution in [0, 0.1) is 0 Å². The quantitative estimate of drug-likeness (QED) is 0.639. The van der Waals surface area contributed by atoms with Crippen LogP contribution in [0.5, 0.6) is 5.75 Å². The molecule has 0 radical (unpaired) electrons. The topological polar surface area (TPSA) is 103 Å². The highest BCUT2D eigenvalue weighted by Gasteiger charge is 2.45. The maximum atomic E-state index is 13.3. The monoisotopic (exact) mass is 463 g/mol. The number of hydrogen-bond acceptors (Lipinski definition) is 7. The van der Waals surface area contributed by atoms with E-state index < -0.39 is 22.2 Å². The van der Waals surface area contributed by atoms with E-state index in [0.717, 1.165) is 37.8 Å². The zero-order valence-electron chi connectivity index (χ0n) is 19.0. The summed E-state index contributed by atoms with van der Waals surface area (Å²) in [6.07, 6.45) is 3.95. The number of fused-ring (bicyclic) bond motifs is 1. The Hall–Kier alpha value is -2.17. The molecule has 2 N–H and O–H groups in total. The number of ether oxygens (including phenoxy) is 1. The van der Waals surface area contributed by atoms with Crippen LogP contribution in [-0.4, -0.2) is 68.2 Å². The average Bonchev–Trinajstić information content (AvgIpc) is 3.10. The molecule has 2 fully saturated rings. The minimum Gasteiger partial charge on any atom is -0.493 e. The van der Waals surface area contributed by atoms with Crippen molar-refractivity contribution in [3.63, 3.8) is 0 Å². The van der Waals surface area contributed by atoms with Gasteiger partial charge in [-0.3, -0.25) is 15.1 Å². The van der Waals surface area contributed by atoms with E-state index >= 15 is 0 Å². The van der Waals surface area contributed by atoms with Gasteiger partial charge in [0, 0.05) is 25.7 Å². The number of piperidine rings is 1. The molecular formula is C22H33N5O4S. The molecule has 0 spiro atoms. The van der Waals surface area contributed by atoms with Crippen molar-refractivity contribution < 1.29 is 17.9 Å². The molecule has 9 nitrogen and oxygen atoms in total. The second-order valence-corrected chi connectivity index (χ2v) is 10.5. The molecule has 32 heavy (non-hydrogen) atoms. The first-order valence-electron chi connectivity index (χ1n) is 11.5. The lowest BCUT2D eigenvalue weighted by Crippen LogP contribution is -2.63. The summed E-state index contributed by atoms with van der Waals surface area (Å²) in [5.74, 6) is 0.421. The van der Waals surface area contributed by atoms with Crippen molar-refractivity contribution in [1.82, 2.24) is 19.9 Å². The van der Waals surface area contributed by atoms with Gasteiger partial charge in [0.1, 0.15) is 18.0 Å². The minimum atomic E-state index is -3.61. The van der Waals surface area contributed by atoms with E-state index in [-0.39, 0.29) is 16.8 Å². The van der Waals surface area contributed by atoms with E-state index in [0.29, 0.717) is 31.0 Å². The number of nitrogens with one attached hydrogen (secondary N) is 2. The van der Waals surface area contributed by atoms with Gasteiger partial charge in [-0.15, -0.1) is 0 Å². The molecule has 0 saturated carbocycles. The van der Waals surface area contributed by atoms with Crippen LogP contribution in [0.25, 0.3) is 0 Å². The largest absolute Gasteiger partial charge is 0.493 e. The van der Waals surface area contributed by atoms with Gasteiger partial charge in [-0.1, -0.05) is 19.8 Å². The first-order valence-corrected chi connectivity index (χ1v) is 12.9. The molecule has 3 aliphatic heterocycles. The van der Waals surface area contributed by atoms with Crippen LogP contribution in [0.3, 0.4) is 0 Å².